The molecule has 0 spiro atoms. The van der Waals surface area contributed by atoms with Crippen LogP contribution in [0.3, 0.4) is 0 Å². The third-order valence-corrected chi connectivity index (χ3v) is 3.09. The number of hydrogen-bond acceptors (Lipinski definition) is 4. The number of benzene rings is 1. The molecule has 1 amide bonds. The highest BCUT2D eigenvalue weighted by atomic mass is 16.3. The van der Waals surface area contributed by atoms with Crippen molar-refractivity contribution >= 4 is 5.91 Å². The Hall–Kier alpha value is -2.43. The number of rotatable bonds is 3. The SMILES string of the molecule is Cc1nc(C)c(C(=O)NCc2ccc(O)cc2)nc1C. The van der Waals surface area contributed by atoms with Crippen molar-refractivity contribution in [3.8, 4) is 5.75 Å². The Morgan fingerprint density at radius 2 is 1.65 bits per heavy atom. The first-order valence-electron chi connectivity index (χ1n) is 6.35. The predicted molar refractivity (Wildman–Crippen MR) is 75.5 cm³/mol. The molecule has 5 nitrogen and oxygen atoms in total. The summed E-state index contributed by atoms with van der Waals surface area (Å²) in [6.45, 7) is 5.86. The van der Waals surface area contributed by atoms with E-state index in [1.807, 2.05) is 13.8 Å². The number of aromatic nitrogens is 2. The summed E-state index contributed by atoms with van der Waals surface area (Å²) < 4.78 is 0. The lowest BCUT2D eigenvalue weighted by Crippen LogP contribution is -2.25. The summed E-state index contributed by atoms with van der Waals surface area (Å²) >= 11 is 0. The first-order chi connectivity index (χ1) is 9.47. The van der Waals surface area contributed by atoms with Gasteiger partial charge in [-0.1, -0.05) is 12.1 Å². The molecule has 0 fully saturated rings. The van der Waals surface area contributed by atoms with E-state index in [2.05, 4.69) is 15.3 Å². The average molecular weight is 271 g/mol. The molecule has 0 aliphatic carbocycles. The maximum absolute atomic E-state index is 12.1. The van der Waals surface area contributed by atoms with Crippen molar-refractivity contribution in [3.63, 3.8) is 0 Å². The van der Waals surface area contributed by atoms with E-state index in [1.54, 1.807) is 31.2 Å². The molecule has 2 aromatic rings. The second-order valence-corrected chi connectivity index (χ2v) is 4.68. The zero-order valence-electron chi connectivity index (χ0n) is 11.8. The number of hydrogen-bond donors (Lipinski definition) is 2. The van der Waals surface area contributed by atoms with Gasteiger partial charge in [0.15, 0.2) is 0 Å². The van der Waals surface area contributed by atoms with Crippen molar-refractivity contribution < 1.29 is 9.90 Å². The summed E-state index contributed by atoms with van der Waals surface area (Å²) in [7, 11) is 0. The van der Waals surface area contributed by atoms with Crippen LogP contribution >= 0.6 is 0 Å². The van der Waals surface area contributed by atoms with Crippen LogP contribution in [0.15, 0.2) is 24.3 Å². The lowest BCUT2D eigenvalue weighted by atomic mass is 10.2. The van der Waals surface area contributed by atoms with Gasteiger partial charge >= 0.3 is 0 Å². The van der Waals surface area contributed by atoms with E-state index in [0.717, 1.165) is 17.0 Å². The summed E-state index contributed by atoms with van der Waals surface area (Å²) in [6, 6.07) is 6.69. The lowest BCUT2D eigenvalue weighted by Gasteiger charge is -2.09. The van der Waals surface area contributed by atoms with Crippen LogP contribution in [0, 0.1) is 20.8 Å². The molecule has 0 atom stereocenters. The minimum absolute atomic E-state index is 0.205. The van der Waals surface area contributed by atoms with Crippen molar-refractivity contribution in [2.45, 2.75) is 27.3 Å². The lowest BCUT2D eigenvalue weighted by molar-refractivity contribution is 0.0944. The van der Waals surface area contributed by atoms with Gasteiger partial charge in [-0.3, -0.25) is 9.78 Å². The predicted octanol–water partition coefficient (Wildman–Crippen LogP) is 2.04. The van der Waals surface area contributed by atoms with Gasteiger partial charge in [0.2, 0.25) is 0 Å². The molecule has 0 bridgehead atoms. The first kappa shape index (κ1) is 14.0. The van der Waals surface area contributed by atoms with Gasteiger partial charge in [0.25, 0.3) is 5.91 Å². The van der Waals surface area contributed by atoms with Crippen LogP contribution in [0.2, 0.25) is 0 Å². The molecule has 0 radical (unpaired) electrons. The Morgan fingerprint density at radius 1 is 1.05 bits per heavy atom. The minimum Gasteiger partial charge on any atom is -0.508 e. The minimum atomic E-state index is -0.244. The van der Waals surface area contributed by atoms with Gasteiger partial charge in [0.1, 0.15) is 11.4 Å². The molecule has 0 saturated carbocycles. The van der Waals surface area contributed by atoms with E-state index >= 15 is 0 Å². The number of aromatic hydroxyl groups is 1. The highest BCUT2D eigenvalue weighted by molar-refractivity contribution is 5.93. The number of aryl methyl sites for hydroxylation is 3. The fourth-order valence-electron chi connectivity index (χ4n) is 1.81. The Kier molecular flexibility index (Phi) is 3.98. The van der Waals surface area contributed by atoms with E-state index in [9.17, 15) is 9.90 Å². The molecule has 20 heavy (non-hydrogen) atoms. The van der Waals surface area contributed by atoms with Crippen molar-refractivity contribution in [2.24, 2.45) is 0 Å². The van der Waals surface area contributed by atoms with Gasteiger partial charge in [-0.25, -0.2) is 4.98 Å². The zero-order valence-corrected chi connectivity index (χ0v) is 11.8. The van der Waals surface area contributed by atoms with Gasteiger partial charge in [-0.05, 0) is 38.5 Å². The number of phenolic OH excluding ortho intramolecular Hbond substituents is 1. The molecule has 0 unspecified atom stereocenters. The van der Waals surface area contributed by atoms with Crippen LogP contribution in [0.5, 0.6) is 5.75 Å². The summed E-state index contributed by atoms with van der Waals surface area (Å²) in [5.74, 6) is -0.0397. The number of carbonyl (C=O) groups is 1. The molecule has 2 rings (SSSR count). The quantitative estimate of drug-likeness (QED) is 0.895. The molecular formula is C15H17N3O2. The average Bonchev–Trinajstić information content (AvgIpc) is 2.42. The maximum Gasteiger partial charge on any atom is 0.272 e. The fraction of sp³-hybridized carbons (Fsp3) is 0.267. The Morgan fingerprint density at radius 3 is 2.30 bits per heavy atom. The monoisotopic (exact) mass is 271 g/mol. The third-order valence-electron chi connectivity index (χ3n) is 3.09. The van der Waals surface area contributed by atoms with Crippen LogP contribution < -0.4 is 5.32 Å². The van der Waals surface area contributed by atoms with Gasteiger partial charge in [0.05, 0.1) is 17.1 Å². The van der Waals surface area contributed by atoms with Crippen LogP contribution in [0.1, 0.15) is 33.1 Å². The standard InChI is InChI=1S/C15H17N3O2/c1-9-10(2)18-14(11(3)17-9)15(20)16-8-12-4-6-13(19)7-5-12/h4-7,19H,8H2,1-3H3,(H,16,20). The molecule has 0 saturated heterocycles. The molecule has 5 heteroatoms. The molecule has 2 N–H and O–H groups in total. The van der Waals surface area contributed by atoms with Gasteiger partial charge in [-0.15, -0.1) is 0 Å². The van der Waals surface area contributed by atoms with Crippen LogP contribution in [0.25, 0.3) is 0 Å². The highest BCUT2D eigenvalue weighted by Crippen LogP contribution is 2.10. The van der Waals surface area contributed by atoms with Crippen molar-refractivity contribution in [1.82, 2.24) is 15.3 Å². The number of phenols is 1. The normalized spacial score (nSPS) is 10.3. The Labute approximate surface area is 117 Å². The topological polar surface area (TPSA) is 75.1 Å². The van der Waals surface area contributed by atoms with Crippen molar-refractivity contribution in [1.29, 1.82) is 0 Å². The molecule has 1 aromatic heterocycles. The zero-order chi connectivity index (χ0) is 14.7. The molecule has 0 aliphatic heterocycles. The highest BCUT2D eigenvalue weighted by Gasteiger charge is 2.13. The second-order valence-electron chi connectivity index (χ2n) is 4.68. The van der Waals surface area contributed by atoms with Crippen LogP contribution in [0.4, 0.5) is 0 Å². The van der Waals surface area contributed by atoms with Gasteiger partial charge in [0, 0.05) is 6.54 Å². The third kappa shape index (κ3) is 3.12. The summed E-state index contributed by atoms with van der Waals surface area (Å²) in [5, 5.41) is 12.0. The Balaban J connectivity index is 2.09. The summed E-state index contributed by atoms with van der Waals surface area (Å²) in [6.07, 6.45) is 0. The smallest absolute Gasteiger partial charge is 0.272 e. The van der Waals surface area contributed by atoms with Gasteiger partial charge < -0.3 is 10.4 Å². The van der Waals surface area contributed by atoms with Crippen LogP contribution in [-0.4, -0.2) is 21.0 Å². The molecule has 1 heterocycles. The van der Waals surface area contributed by atoms with Crippen LogP contribution in [-0.2, 0) is 6.54 Å². The largest absolute Gasteiger partial charge is 0.508 e. The van der Waals surface area contributed by atoms with E-state index in [4.69, 9.17) is 0 Å². The van der Waals surface area contributed by atoms with E-state index in [0.29, 0.717) is 17.9 Å². The summed E-state index contributed by atoms with van der Waals surface area (Å²) in [4.78, 5) is 20.7. The van der Waals surface area contributed by atoms with E-state index in [-0.39, 0.29) is 11.7 Å². The second kappa shape index (κ2) is 5.69. The number of amides is 1. The molecule has 104 valence electrons. The van der Waals surface area contributed by atoms with Crippen molar-refractivity contribution in [3.05, 3.63) is 52.6 Å². The Bertz CT molecular complexity index is 636. The molecular weight excluding hydrogens is 254 g/mol. The van der Waals surface area contributed by atoms with E-state index < -0.39 is 0 Å². The molecule has 1 aromatic carbocycles. The van der Waals surface area contributed by atoms with Crippen molar-refractivity contribution in [2.75, 3.05) is 0 Å². The number of nitrogens with one attached hydrogen (secondary N) is 1. The molecule has 0 aliphatic rings. The van der Waals surface area contributed by atoms with Gasteiger partial charge in [-0.2, -0.15) is 0 Å². The number of carbonyl (C=O) groups excluding carboxylic acids is 1. The summed E-state index contributed by atoms with van der Waals surface area (Å²) in [5.41, 5.74) is 3.47. The number of nitrogens with zero attached hydrogens (tertiary/aromatic N) is 2. The maximum atomic E-state index is 12.1. The first-order valence-corrected chi connectivity index (χ1v) is 6.35. The fourth-order valence-corrected chi connectivity index (χ4v) is 1.81. The van der Waals surface area contributed by atoms with E-state index in [1.165, 1.54) is 0 Å².